The molecule has 1 amide bonds. The van der Waals surface area contributed by atoms with Crippen molar-refractivity contribution in [3.8, 4) is 0 Å². The molecule has 0 bridgehead atoms. The van der Waals surface area contributed by atoms with E-state index < -0.39 is 0 Å². The first-order valence-corrected chi connectivity index (χ1v) is 5.43. The fraction of sp³-hybridized carbons (Fsp3) is 0.364. The quantitative estimate of drug-likeness (QED) is 0.826. The van der Waals surface area contributed by atoms with Crippen molar-refractivity contribution in [2.75, 3.05) is 5.32 Å². The lowest BCUT2D eigenvalue weighted by Gasteiger charge is -2.23. The van der Waals surface area contributed by atoms with Gasteiger partial charge in [0.2, 0.25) is 5.91 Å². The lowest BCUT2D eigenvalue weighted by Crippen LogP contribution is -2.28. The Morgan fingerprint density at radius 1 is 1.44 bits per heavy atom. The molecule has 1 aliphatic rings. The molecule has 2 aromatic rings. The van der Waals surface area contributed by atoms with E-state index in [9.17, 15) is 4.79 Å². The summed E-state index contributed by atoms with van der Waals surface area (Å²) in [5.74, 6) is 0.329. The Kier molecular flexibility index (Phi) is 2.09. The molecule has 5 nitrogen and oxygen atoms in total. The predicted molar refractivity (Wildman–Crippen MR) is 59.0 cm³/mol. The Bertz CT molecular complexity index is 530. The van der Waals surface area contributed by atoms with Gasteiger partial charge in [-0.05, 0) is 25.0 Å². The molecule has 5 heteroatoms. The molecule has 0 spiro atoms. The van der Waals surface area contributed by atoms with Crippen molar-refractivity contribution in [3.05, 3.63) is 24.7 Å². The van der Waals surface area contributed by atoms with E-state index in [0.29, 0.717) is 0 Å². The molecule has 2 heterocycles. The maximum Gasteiger partial charge on any atom is 0.227 e. The highest BCUT2D eigenvalue weighted by Gasteiger charge is 2.25. The van der Waals surface area contributed by atoms with E-state index in [1.54, 1.807) is 10.7 Å². The first kappa shape index (κ1) is 9.33. The van der Waals surface area contributed by atoms with Crippen molar-refractivity contribution in [2.45, 2.75) is 19.3 Å². The van der Waals surface area contributed by atoms with Crippen molar-refractivity contribution in [2.24, 2.45) is 5.92 Å². The number of carbonyl (C=O) groups excluding carboxylic acids is 1. The van der Waals surface area contributed by atoms with Crippen molar-refractivity contribution in [1.82, 2.24) is 14.6 Å². The summed E-state index contributed by atoms with van der Waals surface area (Å²) in [4.78, 5) is 11.7. The van der Waals surface area contributed by atoms with Gasteiger partial charge in [0.05, 0.1) is 5.69 Å². The monoisotopic (exact) mass is 216 g/mol. The Morgan fingerprint density at radius 3 is 3.06 bits per heavy atom. The van der Waals surface area contributed by atoms with Crippen LogP contribution in [0.5, 0.6) is 0 Å². The Morgan fingerprint density at radius 2 is 2.31 bits per heavy atom. The Balaban J connectivity index is 1.80. The first-order valence-electron chi connectivity index (χ1n) is 5.43. The summed E-state index contributed by atoms with van der Waals surface area (Å²) in [6.07, 6.45) is 6.64. The number of fused-ring (bicyclic) bond motifs is 1. The third kappa shape index (κ3) is 1.54. The minimum absolute atomic E-state index is 0.124. The molecule has 82 valence electrons. The third-order valence-corrected chi connectivity index (χ3v) is 3.03. The summed E-state index contributed by atoms with van der Waals surface area (Å²) in [6.45, 7) is 0. The highest BCUT2D eigenvalue weighted by Crippen LogP contribution is 2.27. The van der Waals surface area contributed by atoms with Crippen LogP contribution in [0.15, 0.2) is 24.7 Å². The minimum Gasteiger partial charge on any atom is -0.325 e. The van der Waals surface area contributed by atoms with Crippen LogP contribution in [-0.2, 0) is 4.79 Å². The number of carbonyl (C=O) groups is 1. The first-order chi connectivity index (χ1) is 7.83. The average Bonchev–Trinajstić information content (AvgIpc) is 2.61. The van der Waals surface area contributed by atoms with E-state index in [0.717, 1.165) is 24.2 Å². The van der Waals surface area contributed by atoms with Crippen LogP contribution in [0, 0.1) is 5.92 Å². The van der Waals surface area contributed by atoms with Crippen LogP contribution in [-0.4, -0.2) is 20.5 Å². The van der Waals surface area contributed by atoms with Gasteiger partial charge in [0.25, 0.3) is 0 Å². The number of pyridine rings is 1. The van der Waals surface area contributed by atoms with Gasteiger partial charge in [-0.25, -0.2) is 0 Å². The number of nitrogens with zero attached hydrogens (tertiary/aromatic N) is 3. The summed E-state index contributed by atoms with van der Waals surface area (Å²) < 4.78 is 1.79. The second kappa shape index (κ2) is 3.59. The van der Waals surface area contributed by atoms with Gasteiger partial charge in [-0.15, -0.1) is 10.2 Å². The lowest BCUT2D eigenvalue weighted by molar-refractivity contribution is -0.122. The SMILES string of the molecule is O=C(Nc1ccc2nncn2c1)C1CCC1. The van der Waals surface area contributed by atoms with Gasteiger partial charge in [0.1, 0.15) is 6.33 Å². The molecular weight excluding hydrogens is 204 g/mol. The van der Waals surface area contributed by atoms with Gasteiger partial charge in [0.15, 0.2) is 5.65 Å². The lowest BCUT2D eigenvalue weighted by atomic mass is 9.85. The van der Waals surface area contributed by atoms with Gasteiger partial charge in [-0.3, -0.25) is 9.20 Å². The van der Waals surface area contributed by atoms with Gasteiger partial charge in [-0.2, -0.15) is 0 Å². The summed E-state index contributed by atoms with van der Waals surface area (Å²) in [7, 11) is 0. The zero-order chi connectivity index (χ0) is 11.0. The summed E-state index contributed by atoms with van der Waals surface area (Å²) in [6, 6.07) is 3.68. The van der Waals surface area contributed by atoms with Crippen molar-refractivity contribution in [1.29, 1.82) is 0 Å². The third-order valence-electron chi connectivity index (χ3n) is 3.03. The van der Waals surface area contributed by atoms with Crippen LogP contribution in [0.2, 0.25) is 0 Å². The Labute approximate surface area is 92.5 Å². The number of amides is 1. The fourth-order valence-corrected chi connectivity index (χ4v) is 1.82. The van der Waals surface area contributed by atoms with Crippen molar-refractivity contribution < 1.29 is 4.79 Å². The maximum absolute atomic E-state index is 11.7. The van der Waals surface area contributed by atoms with Crippen LogP contribution in [0.1, 0.15) is 19.3 Å². The van der Waals surface area contributed by atoms with Gasteiger partial charge < -0.3 is 5.32 Å². The van der Waals surface area contributed by atoms with Crippen LogP contribution >= 0.6 is 0 Å². The number of hydrogen-bond donors (Lipinski definition) is 1. The molecule has 0 aromatic carbocycles. The van der Waals surface area contributed by atoms with E-state index in [1.165, 1.54) is 6.42 Å². The summed E-state index contributed by atoms with van der Waals surface area (Å²) in [5, 5.41) is 10.6. The molecule has 16 heavy (non-hydrogen) atoms. The highest BCUT2D eigenvalue weighted by molar-refractivity contribution is 5.92. The highest BCUT2D eigenvalue weighted by atomic mass is 16.1. The standard InChI is InChI=1S/C11H12N4O/c16-11(8-2-1-3-8)13-9-4-5-10-14-12-7-15(10)6-9/h4-8H,1-3H2,(H,13,16). The van der Waals surface area contributed by atoms with Crippen LogP contribution in [0.4, 0.5) is 5.69 Å². The molecule has 0 radical (unpaired) electrons. The summed E-state index contributed by atoms with van der Waals surface area (Å²) in [5.41, 5.74) is 1.57. The molecule has 0 unspecified atom stereocenters. The largest absolute Gasteiger partial charge is 0.325 e. The fourth-order valence-electron chi connectivity index (χ4n) is 1.82. The van der Waals surface area contributed by atoms with Crippen LogP contribution in [0.3, 0.4) is 0 Å². The predicted octanol–water partition coefficient (Wildman–Crippen LogP) is 1.47. The van der Waals surface area contributed by atoms with Crippen LogP contribution in [0.25, 0.3) is 5.65 Å². The van der Waals surface area contributed by atoms with Crippen LogP contribution < -0.4 is 5.32 Å². The normalized spacial score (nSPS) is 16.0. The minimum atomic E-state index is 0.124. The molecule has 0 atom stereocenters. The molecule has 1 aliphatic carbocycles. The number of anilines is 1. The number of aromatic nitrogens is 3. The van der Waals surface area contributed by atoms with E-state index >= 15 is 0 Å². The average molecular weight is 216 g/mol. The van der Waals surface area contributed by atoms with E-state index in [1.807, 2.05) is 18.3 Å². The molecule has 0 saturated heterocycles. The zero-order valence-corrected chi connectivity index (χ0v) is 8.76. The second-order valence-electron chi connectivity index (χ2n) is 4.13. The number of nitrogens with one attached hydrogen (secondary N) is 1. The maximum atomic E-state index is 11.7. The topological polar surface area (TPSA) is 59.3 Å². The van der Waals surface area contributed by atoms with Gasteiger partial charge in [0, 0.05) is 12.1 Å². The zero-order valence-electron chi connectivity index (χ0n) is 8.76. The number of hydrogen-bond acceptors (Lipinski definition) is 3. The van der Waals surface area contributed by atoms with Crippen molar-refractivity contribution >= 4 is 17.2 Å². The smallest absolute Gasteiger partial charge is 0.227 e. The summed E-state index contributed by atoms with van der Waals surface area (Å²) >= 11 is 0. The molecule has 0 aliphatic heterocycles. The van der Waals surface area contributed by atoms with E-state index in [-0.39, 0.29) is 11.8 Å². The molecule has 2 aromatic heterocycles. The van der Waals surface area contributed by atoms with E-state index in [2.05, 4.69) is 15.5 Å². The molecule has 3 rings (SSSR count). The molecule has 1 saturated carbocycles. The van der Waals surface area contributed by atoms with Gasteiger partial charge >= 0.3 is 0 Å². The molecule has 1 N–H and O–H groups in total. The second-order valence-corrected chi connectivity index (χ2v) is 4.13. The van der Waals surface area contributed by atoms with Gasteiger partial charge in [-0.1, -0.05) is 6.42 Å². The molecular formula is C11H12N4O. The van der Waals surface area contributed by atoms with E-state index in [4.69, 9.17) is 0 Å². The van der Waals surface area contributed by atoms with Crippen molar-refractivity contribution in [3.63, 3.8) is 0 Å². The molecule has 1 fully saturated rings. The Hall–Kier alpha value is -1.91. The number of rotatable bonds is 2.